The molecule has 4 rings (SSSR count). The highest BCUT2D eigenvalue weighted by Gasteiger charge is 2.24. The van der Waals surface area contributed by atoms with Crippen LogP contribution >= 0.6 is 11.6 Å². The van der Waals surface area contributed by atoms with Crippen LogP contribution in [-0.2, 0) is 0 Å². The molecular formula is C24H30ClFN4O. The van der Waals surface area contributed by atoms with Crippen LogP contribution < -0.4 is 10.2 Å². The average molecular weight is 445 g/mol. The maximum atomic E-state index is 14.2. The monoisotopic (exact) mass is 444 g/mol. The van der Waals surface area contributed by atoms with Crippen molar-refractivity contribution < 1.29 is 9.18 Å². The zero-order valence-electron chi connectivity index (χ0n) is 17.8. The Morgan fingerprint density at radius 1 is 1.10 bits per heavy atom. The molecule has 0 radical (unpaired) electrons. The van der Waals surface area contributed by atoms with Crippen molar-refractivity contribution in [2.24, 2.45) is 5.92 Å². The van der Waals surface area contributed by atoms with Crippen LogP contribution in [0.25, 0.3) is 0 Å². The van der Waals surface area contributed by atoms with Crippen molar-refractivity contribution in [1.29, 1.82) is 0 Å². The molecule has 166 valence electrons. The SMILES string of the molecule is O=C(Nc1cccnc1N1CCC(CCN2CCCCC2)CC1)c1cccc(Cl)c1F. The van der Waals surface area contributed by atoms with E-state index in [4.69, 9.17) is 11.6 Å². The van der Waals surface area contributed by atoms with Crippen LogP contribution in [0.2, 0.25) is 5.02 Å². The molecule has 2 saturated heterocycles. The smallest absolute Gasteiger partial charge is 0.258 e. The maximum Gasteiger partial charge on any atom is 0.258 e. The van der Waals surface area contributed by atoms with E-state index in [1.54, 1.807) is 18.3 Å². The molecule has 1 N–H and O–H groups in total. The largest absolute Gasteiger partial charge is 0.355 e. The topological polar surface area (TPSA) is 48.5 Å². The molecule has 3 heterocycles. The van der Waals surface area contributed by atoms with E-state index in [0.29, 0.717) is 5.69 Å². The minimum atomic E-state index is -0.707. The molecule has 2 aliphatic rings. The van der Waals surface area contributed by atoms with Crippen LogP contribution in [-0.4, -0.2) is 48.5 Å². The lowest BCUT2D eigenvalue weighted by atomic mass is 9.93. The third kappa shape index (κ3) is 5.55. The predicted octanol–water partition coefficient (Wildman–Crippen LogP) is 5.22. The number of anilines is 2. The molecule has 0 atom stereocenters. The van der Waals surface area contributed by atoms with Crippen molar-refractivity contribution in [2.45, 2.75) is 38.5 Å². The average Bonchev–Trinajstić information content (AvgIpc) is 2.81. The molecule has 0 unspecified atom stereocenters. The molecule has 0 saturated carbocycles. The van der Waals surface area contributed by atoms with E-state index in [1.165, 1.54) is 57.5 Å². The van der Waals surface area contributed by atoms with Gasteiger partial charge in [-0.15, -0.1) is 0 Å². The molecule has 2 fully saturated rings. The van der Waals surface area contributed by atoms with Crippen LogP contribution in [0.3, 0.4) is 0 Å². The first-order valence-corrected chi connectivity index (χ1v) is 11.7. The highest BCUT2D eigenvalue weighted by Crippen LogP contribution is 2.30. The molecule has 1 amide bonds. The molecule has 7 heteroatoms. The summed E-state index contributed by atoms with van der Waals surface area (Å²) in [6, 6.07) is 8.02. The normalized spacial score (nSPS) is 18.2. The Morgan fingerprint density at radius 3 is 2.65 bits per heavy atom. The first-order valence-electron chi connectivity index (χ1n) is 11.3. The van der Waals surface area contributed by atoms with E-state index in [2.05, 4.69) is 20.1 Å². The molecule has 0 bridgehead atoms. The number of hydrogen-bond donors (Lipinski definition) is 1. The first kappa shape index (κ1) is 22.0. The van der Waals surface area contributed by atoms with Gasteiger partial charge >= 0.3 is 0 Å². The van der Waals surface area contributed by atoms with Crippen molar-refractivity contribution in [2.75, 3.05) is 42.9 Å². The Kier molecular flexibility index (Phi) is 7.41. The first-order chi connectivity index (χ1) is 15.1. The van der Waals surface area contributed by atoms with Gasteiger partial charge in [0.1, 0.15) is 0 Å². The van der Waals surface area contributed by atoms with Gasteiger partial charge in [0.25, 0.3) is 5.91 Å². The lowest BCUT2D eigenvalue weighted by Crippen LogP contribution is -2.37. The summed E-state index contributed by atoms with van der Waals surface area (Å²) in [7, 11) is 0. The predicted molar refractivity (Wildman–Crippen MR) is 123 cm³/mol. The zero-order chi connectivity index (χ0) is 21.6. The summed E-state index contributed by atoms with van der Waals surface area (Å²) in [4.78, 5) is 22.0. The summed E-state index contributed by atoms with van der Waals surface area (Å²) in [5, 5.41) is 2.76. The van der Waals surface area contributed by atoms with Crippen LogP contribution in [0, 0.1) is 11.7 Å². The quantitative estimate of drug-likeness (QED) is 0.663. The lowest BCUT2D eigenvalue weighted by Gasteiger charge is -2.35. The highest BCUT2D eigenvalue weighted by molar-refractivity contribution is 6.31. The van der Waals surface area contributed by atoms with Gasteiger partial charge in [-0.2, -0.15) is 0 Å². The fraction of sp³-hybridized carbons (Fsp3) is 0.500. The molecule has 1 aromatic heterocycles. The lowest BCUT2D eigenvalue weighted by molar-refractivity contribution is 0.102. The number of pyridine rings is 1. The van der Waals surface area contributed by atoms with E-state index >= 15 is 0 Å². The van der Waals surface area contributed by atoms with Crippen molar-refractivity contribution >= 4 is 29.0 Å². The summed E-state index contributed by atoms with van der Waals surface area (Å²) in [6.45, 7) is 5.54. The second-order valence-electron chi connectivity index (χ2n) is 8.55. The summed E-state index contributed by atoms with van der Waals surface area (Å²) in [5.41, 5.74) is 0.525. The van der Waals surface area contributed by atoms with Gasteiger partial charge < -0.3 is 15.1 Å². The van der Waals surface area contributed by atoms with Gasteiger partial charge in [0.05, 0.1) is 16.3 Å². The highest BCUT2D eigenvalue weighted by atomic mass is 35.5. The van der Waals surface area contributed by atoms with Crippen molar-refractivity contribution in [1.82, 2.24) is 9.88 Å². The molecule has 5 nitrogen and oxygen atoms in total. The van der Waals surface area contributed by atoms with Crippen molar-refractivity contribution in [3.8, 4) is 0 Å². The summed E-state index contributed by atoms with van der Waals surface area (Å²) in [5.74, 6) is 0.251. The van der Waals surface area contributed by atoms with Gasteiger partial charge in [-0.05, 0) is 81.9 Å². The molecular weight excluding hydrogens is 415 g/mol. The number of carbonyl (C=O) groups excluding carboxylic acids is 1. The summed E-state index contributed by atoms with van der Waals surface area (Å²) >= 11 is 5.82. The number of likely N-dealkylation sites (tertiary alicyclic amines) is 1. The Morgan fingerprint density at radius 2 is 1.87 bits per heavy atom. The van der Waals surface area contributed by atoms with Gasteiger partial charge in [-0.25, -0.2) is 9.37 Å². The Hall–Kier alpha value is -2.18. The molecule has 2 aliphatic heterocycles. The molecule has 0 spiro atoms. The number of hydrogen-bond acceptors (Lipinski definition) is 4. The van der Waals surface area contributed by atoms with E-state index < -0.39 is 11.7 Å². The summed E-state index contributed by atoms with van der Waals surface area (Å²) < 4.78 is 14.2. The number of carbonyl (C=O) groups is 1. The van der Waals surface area contributed by atoms with Crippen molar-refractivity contribution in [3.63, 3.8) is 0 Å². The minimum Gasteiger partial charge on any atom is -0.355 e. The summed E-state index contributed by atoms with van der Waals surface area (Å²) in [6.07, 6.45) is 9.29. The Labute approximate surface area is 188 Å². The number of aromatic nitrogens is 1. The van der Waals surface area contributed by atoms with E-state index in [1.807, 2.05) is 6.07 Å². The zero-order valence-corrected chi connectivity index (χ0v) is 18.6. The number of piperidine rings is 2. The van der Waals surface area contributed by atoms with Crippen LogP contribution in [0.1, 0.15) is 48.9 Å². The molecule has 0 aliphatic carbocycles. The maximum absolute atomic E-state index is 14.2. The number of benzene rings is 1. The minimum absolute atomic E-state index is 0.0642. The van der Waals surface area contributed by atoms with E-state index in [9.17, 15) is 9.18 Å². The standard InChI is InChI=1S/C24H30ClFN4O/c25-20-7-4-6-19(22(20)26)24(31)28-21-8-5-12-27-23(21)30-16-10-18(11-17-30)9-15-29-13-2-1-3-14-29/h4-8,12,18H,1-3,9-11,13-17H2,(H,28,31). The Balaban J connectivity index is 1.35. The van der Waals surface area contributed by atoms with Crippen molar-refractivity contribution in [3.05, 3.63) is 52.9 Å². The van der Waals surface area contributed by atoms with E-state index in [-0.39, 0.29) is 10.6 Å². The second kappa shape index (κ2) is 10.4. The fourth-order valence-corrected chi connectivity index (χ4v) is 4.77. The number of nitrogens with one attached hydrogen (secondary N) is 1. The Bertz CT molecular complexity index is 895. The van der Waals surface area contributed by atoms with Gasteiger partial charge in [-0.3, -0.25) is 4.79 Å². The van der Waals surface area contributed by atoms with E-state index in [0.717, 1.165) is 37.7 Å². The number of nitrogens with zero attached hydrogens (tertiary/aromatic N) is 3. The molecule has 31 heavy (non-hydrogen) atoms. The third-order valence-corrected chi connectivity index (χ3v) is 6.74. The van der Waals surface area contributed by atoms with Gasteiger partial charge in [0, 0.05) is 19.3 Å². The molecule has 2 aromatic rings. The van der Waals surface area contributed by atoms with Crippen LogP contribution in [0.5, 0.6) is 0 Å². The fourth-order valence-electron chi connectivity index (χ4n) is 4.60. The molecule has 1 aromatic carbocycles. The number of halogens is 2. The van der Waals surface area contributed by atoms with Gasteiger partial charge in [0.15, 0.2) is 11.6 Å². The van der Waals surface area contributed by atoms with Gasteiger partial charge in [-0.1, -0.05) is 24.1 Å². The number of rotatable bonds is 6. The third-order valence-electron chi connectivity index (χ3n) is 6.45. The second-order valence-corrected chi connectivity index (χ2v) is 8.96. The van der Waals surface area contributed by atoms with Crippen LogP contribution in [0.4, 0.5) is 15.9 Å². The van der Waals surface area contributed by atoms with Crippen LogP contribution in [0.15, 0.2) is 36.5 Å². The number of amides is 1. The van der Waals surface area contributed by atoms with Gasteiger partial charge in [0.2, 0.25) is 0 Å².